The molecule has 2 N–H and O–H groups in total. The fraction of sp³-hybridized carbons (Fsp3) is 0.286. The summed E-state index contributed by atoms with van der Waals surface area (Å²) in [5.74, 6) is -0.189. The zero-order chi connectivity index (χ0) is 11.9. The summed E-state index contributed by atoms with van der Waals surface area (Å²) in [5, 5.41) is 2.19. The van der Waals surface area contributed by atoms with Gasteiger partial charge in [0.25, 0.3) is 0 Å². The van der Waals surface area contributed by atoms with Crippen molar-refractivity contribution < 1.29 is 4.39 Å². The van der Waals surface area contributed by atoms with Crippen molar-refractivity contribution >= 4 is 11.3 Å². The molecule has 3 rings (SSSR count). The van der Waals surface area contributed by atoms with Crippen LogP contribution in [0.4, 0.5) is 4.39 Å². The molecular weight excluding hydrogens is 233 g/mol. The standard InChI is InChI=1S/C14H14FNS/c15-12-3-1-10(2-4-12)13-7-11(8-17-13)14(9-16)5-6-14/h1-4,7-8H,5-6,9,16H2. The highest BCUT2D eigenvalue weighted by atomic mass is 32.1. The Morgan fingerprint density at radius 1 is 1.24 bits per heavy atom. The maximum absolute atomic E-state index is 12.8. The van der Waals surface area contributed by atoms with Gasteiger partial charge in [-0.15, -0.1) is 11.3 Å². The third-order valence-corrected chi connectivity index (χ3v) is 4.56. The van der Waals surface area contributed by atoms with E-state index in [4.69, 9.17) is 5.73 Å². The van der Waals surface area contributed by atoms with E-state index in [2.05, 4.69) is 11.4 Å². The molecular formula is C14H14FNS. The average molecular weight is 247 g/mol. The molecule has 1 aromatic carbocycles. The molecule has 0 unspecified atom stereocenters. The van der Waals surface area contributed by atoms with Gasteiger partial charge in [0.2, 0.25) is 0 Å². The van der Waals surface area contributed by atoms with E-state index in [9.17, 15) is 4.39 Å². The summed E-state index contributed by atoms with van der Waals surface area (Å²) in [6.07, 6.45) is 2.40. The van der Waals surface area contributed by atoms with Crippen molar-refractivity contribution in [3.8, 4) is 10.4 Å². The Morgan fingerprint density at radius 2 is 1.94 bits per heavy atom. The summed E-state index contributed by atoms with van der Waals surface area (Å²) >= 11 is 1.71. The van der Waals surface area contributed by atoms with Gasteiger partial charge < -0.3 is 5.73 Å². The fourth-order valence-electron chi connectivity index (χ4n) is 2.14. The Bertz CT molecular complexity index is 525. The predicted molar refractivity (Wildman–Crippen MR) is 69.7 cm³/mol. The maximum atomic E-state index is 12.8. The normalized spacial score (nSPS) is 17.1. The molecule has 2 aromatic rings. The van der Waals surface area contributed by atoms with E-state index in [1.165, 1.54) is 35.4 Å². The first-order valence-corrected chi connectivity index (χ1v) is 6.66. The second kappa shape index (κ2) is 3.93. The van der Waals surface area contributed by atoms with Crippen LogP contribution in [-0.4, -0.2) is 6.54 Å². The average Bonchev–Trinajstić information content (AvgIpc) is 3.00. The fourth-order valence-corrected chi connectivity index (χ4v) is 3.18. The number of hydrogen-bond donors (Lipinski definition) is 1. The minimum absolute atomic E-state index is 0.189. The van der Waals surface area contributed by atoms with Crippen LogP contribution in [0.2, 0.25) is 0 Å². The van der Waals surface area contributed by atoms with Crippen molar-refractivity contribution in [3.63, 3.8) is 0 Å². The molecule has 1 heterocycles. The lowest BCUT2D eigenvalue weighted by molar-refractivity contribution is 0.628. The molecule has 0 bridgehead atoms. The van der Waals surface area contributed by atoms with E-state index in [1.54, 1.807) is 11.3 Å². The maximum Gasteiger partial charge on any atom is 0.123 e. The van der Waals surface area contributed by atoms with Crippen LogP contribution in [-0.2, 0) is 5.41 Å². The lowest BCUT2D eigenvalue weighted by Gasteiger charge is -2.08. The van der Waals surface area contributed by atoms with Crippen LogP contribution >= 0.6 is 11.3 Å². The second-order valence-corrected chi connectivity index (χ2v) is 5.60. The summed E-state index contributed by atoms with van der Waals surface area (Å²) in [6, 6.07) is 8.87. The SMILES string of the molecule is NCC1(c2csc(-c3ccc(F)cc3)c2)CC1. The molecule has 1 fully saturated rings. The Labute approximate surface area is 104 Å². The summed E-state index contributed by atoms with van der Waals surface area (Å²) < 4.78 is 12.8. The van der Waals surface area contributed by atoms with E-state index in [-0.39, 0.29) is 11.2 Å². The largest absolute Gasteiger partial charge is 0.330 e. The van der Waals surface area contributed by atoms with E-state index in [1.807, 2.05) is 12.1 Å². The van der Waals surface area contributed by atoms with Gasteiger partial charge in [-0.25, -0.2) is 4.39 Å². The summed E-state index contributed by atoms with van der Waals surface area (Å²) in [6.45, 7) is 0.729. The second-order valence-electron chi connectivity index (χ2n) is 4.69. The summed E-state index contributed by atoms with van der Waals surface area (Å²) in [4.78, 5) is 1.19. The van der Waals surface area contributed by atoms with E-state index >= 15 is 0 Å². The van der Waals surface area contributed by atoms with Crippen LogP contribution in [0.15, 0.2) is 35.7 Å². The van der Waals surface area contributed by atoms with Crippen molar-refractivity contribution in [2.75, 3.05) is 6.54 Å². The number of hydrogen-bond acceptors (Lipinski definition) is 2. The summed E-state index contributed by atoms with van der Waals surface area (Å²) in [7, 11) is 0. The zero-order valence-electron chi connectivity index (χ0n) is 9.45. The number of rotatable bonds is 3. The van der Waals surface area contributed by atoms with Gasteiger partial charge in [0.05, 0.1) is 0 Å². The van der Waals surface area contributed by atoms with Crippen molar-refractivity contribution in [3.05, 3.63) is 47.1 Å². The van der Waals surface area contributed by atoms with Gasteiger partial charge in [0.1, 0.15) is 5.82 Å². The van der Waals surface area contributed by atoms with Crippen LogP contribution in [0.1, 0.15) is 18.4 Å². The molecule has 1 aliphatic rings. The van der Waals surface area contributed by atoms with Crippen molar-refractivity contribution in [2.24, 2.45) is 5.73 Å². The molecule has 0 amide bonds. The minimum Gasteiger partial charge on any atom is -0.330 e. The Balaban J connectivity index is 1.92. The lowest BCUT2D eigenvalue weighted by Crippen LogP contribution is -2.18. The minimum atomic E-state index is -0.189. The van der Waals surface area contributed by atoms with Crippen molar-refractivity contribution in [1.29, 1.82) is 0 Å². The highest BCUT2D eigenvalue weighted by molar-refractivity contribution is 7.13. The van der Waals surface area contributed by atoms with Crippen LogP contribution in [0.5, 0.6) is 0 Å². The van der Waals surface area contributed by atoms with Gasteiger partial charge in [0, 0.05) is 16.8 Å². The van der Waals surface area contributed by atoms with Gasteiger partial charge in [-0.3, -0.25) is 0 Å². The van der Waals surface area contributed by atoms with Gasteiger partial charge >= 0.3 is 0 Å². The van der Waals surface area contributed by atoms with Gasteiger partial charge in [-0.1, -0.05) is 12.1 Å². The lowest BCUT2D eigenvalue weighted by atomic mass is 9.98. The molecule has 0 spiro atoms. The van der Waals surface area contributed by atoms with E-state index in [0.29, 0.717) is 0 Å². The van der Waals surface area contributed by atoms with Gasteiger partial charge in [-0.2, -0.15) is 0 Å². The van der Waals surface area contributed by atoms with Crippen LogP contribution in [0, 0.1) is 5.82 Å². The zero-order valence-corrected chi connectivity index (χ0v) is 10.3. The number of halogens is 1. The van der Waals surface area contributed by atoms with Gasteiger partial charge in [0.15, 0.2) is 0 Å². The molecule has 3 heteroatoms. The van der Waals surface area contributed by atoms with E-state index in [0.717, 1.165) is 12.1 Å². The Hall–Kier alpha value is -1.19. The number of nitrogens with two attached hydrogens (primary N) is 1. The smallest absolute Gasteiger partial charge is 0.123 e. The molecule has 0 radical (unpaired) electrons. The molecule has 88 valence electrons. The van der Waals surface area contributed by atoms with Crippen LogP contribution in [0.25, 0.3) is 10.4 Å². The predicted octanol–water partition coefficient (Wildman–Crippen LogP) is 3.54. The first-order chi connectivity index (χ1) is 8.23. The molecule has 0 saturated heterocycles. The third-order valence-electron chi connectivity index (χ3n) is 3.58. The van der Waals surface area contributed by atoms with Crippen LogP contribution < -0.4 is 5.73 Å². The topological polar surface area (TPSA) is 26.0 Å². The molecule has 1 saturated carbocycles. The summed E-state index contributed by atoms with van der Waals surface area (Å²) in [5.41, 5.74) is 8.50. The third kappa shape index (κ3) is 1.90. The highest BCUT2D eigenvalue weighted by Gasteiger charge is 2.43. The molecule has 1 aliphatic carbocycles. The molecule has 1 aromatic heterocycles. The van der Waals surface area contributed by atoms with Crippen molar-refractivity contribution in [1.82, 2.24) is 0 Å². The first-order valence-electron chi connectivity index (χ1n) is 5.79. The van der Waals surface area contributed by atoms with Crippen LogP contribution in [0.3, 0.4) is 0 Å². The monoisotopic (exact) mass is 247 g/mol. The Kier molecular flexibility index (Phi) is 2.53. The van der Waals surface area contributed by atoms with Gasteiger partial charge in [-0.05, 0) is 47.5 Å². The quantitative estimate of drug-likeness (QED) is 0.882. The van der Waals surface area contributed by atoms with E-state index < -0.39 is 0 Å². The highest BCUT2D eigenvalue weighted by Crippen LogP contribution is 2.49. The molecule has 0 aliphatic heterocycles. The number of thiophene rings is 1. The first kappa shape index (κ1) is 10.9. The molecule has 17 heavy (non-hydrogen) atoms. The number of benzene rings is 1. The van der Waals surface area contributed by atoms with Crippen molar-refractivity contribution in [2.45, 2.75) is 18.3 Å². The molecule has 1 nitrogen and oxygen atoms in total. The Morgan fingerprint density at radius 3 is 2.53 bits per heavy atom. The molecule has 0 atom stereocenters.